The van der Waals surface area contributed by atoms with Crippen molar-refractivity contribution in [3.8, 4) is 0 Å². The average Bonchev–Trinajstić information content (AvgIpc) is 2.18. The molecular weight excluding hydrogens is 202 g/mol. The number of urea groups is 1. The normalized spacial score (nSPS) is 10.1. The molecule has 2 amide bonds. The van der Waals surface area contributed by atoms with Crippen molar-refractivity contribution in [2.75, 3.05) is 13.6 Å². The van der Waals surface area contributed by atoms with Gasteiger partial charge < -0.3 is 10.6 Å². The number of benzene rings is 1. The van der Waals surface area contributed by atoms with Crippen molar-refractivity contribution in [1.82, 2.24) is 4.90 Å². The summed E-state index contributed by atoms with van der Waals surface area (Å²) >= 11 is 0. The Bertz CT molecular complexity index is 368. The number of likely N-dealkylation sites (N-methyl/N-ethyl adjacent to an activating group) is 1. The number of primary amides is 1. The maximum atomic E-state index is 13.1. The summed E-state index contributed by atoms with van der Waals surface area (Å²) in [6, 6.07) is 2.64. The van der Waals surface area contributed by atoms with Crippen LogP contribution in [0.1, 0.15) is 5.56 Å². The second-order valence-corrected chi connectivity index (χ2v) is 3.25. The molecule has 0 aliphatic rings. The van der Waals surface area contributed by atoms with Gasteiger partial charge in [0.05, 0.1) is 0 Å². The minimum Gasteiger partial charge on any atom is -0.351 e. The summed E-state index contributed by atoms with van der Waals surface area (Å²) in [4.78, 5) is 11.9. The minimum absolute atomic E-state index is 0.239. The number of halogens is 2. The van der Waals surface area contributed by atoms with Crippen LogP contribution in [-0.4, -0.2) is 24.5 Å². The average molecular weight is 214 g/mol. The number of nitrogens with zero attached hydrogens (tertiary/aromatic N) is 1. The van der Waals surface area contributed by atoms with Crippen LogP contribution < -0.4 is 5.73 Å². The molecule has 1 rings (SSSR count). The van der Waals surface area contributed by atoms with Gasteiger partial charge in [0.25, 0.3) is 0 Å². The van der Waals surface area contributed by atoms with Gasteiger partial charge in [-0.2, -0.15) is 0 Å². The fourth-order valence-corrected chi connectivity index (χ4v) is 1.13. The van der Waals surface area contributed by atoms with Gasteiger partial charge in [0.2, 0.25) is 0 Å². The molecule has 0 radical (unpaired) electrons. The van der Waals surface area contributed by atoms with Gasteiger partial charge in [-0.25, -0.2) is 13.6 Å². The third kappa shape index (κ3) is 3.19. The molecular formula is C10H12F2N2O. The summed E-state index contributed by atoms with van der Waals surface area (Å²) in [5, 5.41) is 0. The Morgan fingerprint density at radius 3 is 2.73 bits per heavy atom. The third-order valence-electron chi connectivity index (χ3n) is 2.10. The summed E-state index contributed by atoms with van der Waals surface area (Å²) in [5.41, 5.74) is 5.23. The molecule has 1 aromatic carbocycles. The smallest absolute Gasteiger partial charge is 0.314 e. The lowest BCUT2D eigenvalue weighted by Gasteiger charge is -2.13. The molecule has 0 unspecified atom stereocenters. The van der Waals surface area contributed by atoms with Crippen molar-refractivity contribution in [2.24, 2.45) is 5.73 Å². The lowest BCUT2D eigenvalue weighted by molar-refractivity contribution is 0.219. The van der Waals surface area contributed by atoms with E-state index in [-0.39, 0.29) is 18.5 Å². The van der Waals surface area contributed by atoms with Crippen LogP contribution in [0.5, 0.6) is 0 Å². The van der Waals surface area contributed by atoms with E-state index < -0.39 is 17.7 Å². The molecule has 0 saturated heterocycles. The highest BCUT2D eigenvalue weighted by Gasteiger charge is 2.07. The van der Waals surface area contributed by atoms with Gasteiger partial charge in [-0.3, -0.25) is 0 Å². The van der Waals surface area contributed by atoms with Crippen LogP contribution in [0, 0.1) is 11.6 Å². The number of carbonyl (C=O) groups is 1. The van der Waals surface area contributed by atoms with Crippen molar-refractivity contribution in [1.29, 1.82) is 0 Å². The molecule has 0 spiro atoms. The molecule has 0 atom stereocenters. The predicted octanol–water partition coefficient (Wildman–Crippen LogP) is 1.52. The highest BCUT2D eigenvalue weighted by atomic mass is 19.1. The number of hydrogen-bond acceptors (Lipinski definition) is 1. The van der Waals surface area contributed by atoms with Crippen molar-refractivity contribution in [2.45, 2.75) is 6.42 Å². The predicted molar refractivity (Wildman–Crippen MR) is 52.3 cm³/mol. The first-order chi connectivity index (χ1) is 7.00. The third-order valence-corrected chi connectivity index (χ3v) is 2.10. The van der Waals surface area contributed by atoms with E-state index in [1.165, 1.54) is 11.9 Å². The van der Waals surface area contributed by atoms with Crippen LogP contribution in [0.2, 0.25) is 0 Å². The Morgan fingerprint density at radius 1 is 1.47 bits per heavy atom. The van der Waals surface area contributed by atoms with Gasteiger partial charge in [0.15, 0.2) is 0 Å². The number of rotatable bonds is 3. The molecule has 1 aromatic rings. The maximum Gasteiger partial charge on any atom is 0.314 e. The van der Waals surface area contributed by atoms with E-state index in [1.807, 2.05) is 0 Å². The Kier molecular flexibility index (Phi) is 3.60. The molecule has 0 fully saturated rings. The SMILES string of the molecule is CN(CCc1cc(F)ccc1F)C(N)=O. The molecule has 3 nitrogen and oxygen atoms in total. The van der Waals surface area contributed by atoms with Crippen molar-refractivity contribution in [3.05, 3.63) is 35.4 Å². The van der Waals surface area contributed by atoms with E-state index in [4.69, 9.17) is 5.73 Å². The highest BCUT2D eigenvalue weighted by Crippen LogP contribution is 2.10. The molecule has 0 heterocycles. The first-order valence-corrected chi connectivity index (χ1v) is 4.45. The van der Waals surface area contributed by atoms with Crippen LogP contribution in [0.3, 0.4) is 0 Å². The molecule has 0 aliphatic heterocycles. The summed E-state index contributed by atoms with van der Waals surface area (Å²) in [6.07, 6.45) is 0.239. The molecule has 2 N–H and O–H groups in total. The fourth-order valence-electron chi connectivity index (χ4n) is 1.13. The number of hydrogen-bond donors (Lipinski definition) is 1. The van der Waals surface area contributed by atoms with Crippen molar-refractivity contribution < 1.29 is 13.6 Å². The lowest BCUT2D eigenvalue weighted by atomic mass is 10.1. The summed E-state index contributed by atoms with van der Waals surface area (Å²) in [5.74, 6) is -0.970. The first kappa shape index (κ1) is 11.4. The van der Waals surface area contributed by atoms with Gasteiger partial charge in [-0.05, 0) is 30.2 Å². The van der Waals surface area contributed by atoms with Crippen LogP contribution in [0.15, 0.2) is 18.2 Å². The van der Waals surface area contributed by atoms with E-state index in [2.05, 4.69) is 0 Å². The topological polar surface area (TPSA) is 46.3 Å². The van der Waals surface area contributed by atoms with Crippen LogP contribution in [0.25, 0.3) is 0 Å². The van der Waals surface area contributed by atoms with Crippen LogP contribution in [-0.2, 0) is 6.42 Å². The molecule has 82 valence electrons. The Morgan fingerprint density at radius 2 is 2.13 bits per heavy atom. The van der Waals surface area contributed by atoms with Crippen LogP contribution in [0.4, 0.5) is 13.6 Å². The van der Waals surface area contributed by atoms with Crippen molar-refractivity contribution >= 4 is 6.03 Å². The van der Waals surface area contributed by atoms with E-state index in [0.29, 0.717) is 0 Å². The number of amides is 2. The van der Waals surface area contributed by atoms with E-state index in [1.54, 1.807) is 0 Å². The number of carbonyl (C=O) groups excluding carboxylic acids is 1. The van der Waals surface area contributed by atoms with E-state index in [9.17, 15) is 13.6 Å². The molecule has 0 aromatic heterocycles. The minimum atomic E-state index is -0.591. The van der Waals surface area contributed by atoms with Crippen LogP contribution >= 0.6 is 0 Å². The number of nitrogens with two attached hydrogens (primary N) is 1. The standard InChI is InChI=1S/C10H12F2N2O/c1-14(10(13)15)5-4-7-6-8(11)2-3-9(7)12/h2-3,6H,4-5H2,1H3,(H2,13,15). The zero-order valence-corrected chi connectivity index (χ0v) is 8.34. The molecule has 0 saturated carbocycles. The fraction of sp³-hybridized carbons (Fsp3) is 0.300. The zero-order chi connectivity index (χ0) is 11.4. The van der Waals surface area contributed by atoms with Crippen molar-refractivity contribution in [3.63, 3.8) is 0 Å². The molecule has 5 heteroatoms. The summed E-state index contributed by atoms with van der Waals surface area (Å²) in [6.45, 7) is 0.260. The van der Waals surface area contributed by atoms with Gasteiger partial charge in [0, 0.05) is 13.6 Å². The first-order valence-electron chi connectivity index (χ1n) is 4.45. The summed E-state index contributed by atoms with van der Waals surface area (Å²) in [7, 11) is 1.50. The molecule has 0 aliphatic carbocycles. The monoisotopic (exact) mass is 214 g/mol. The van der Waals surface area contributed by atoms with E-state index in [0.717, 1.165) is 18.2 Å². The quantitative estimate of drug-likeness (QED) is 0.814. The zero-order valence-electron chi connectivity index (χ0n) is 8.34. The second kappa shape index (κ2) is 4.72. The molecule has 15 heavy (non-hydrogen) atoms. The lowest BCUT2D eigenvalue weighted by Crippen LogP contribution is -2.33. The van der Waals surface area contributed by atoms with Gasteiger partial charge in [0.1, 0.15) is 11.6 Å². The van der Waals surface area contributed by atoms with Gasteiger partial charge in [-0.15, -0.1) is 0 Å². The largest absolute Gasteiger partial charge is 0.351 e. The Labute approximate surface area is 86.5 Å². The summed E-state index contributed by atoms with van der Waals surface area (Å²) < 4.78 is 25.9. The van der Waals surface area contributed by atoms with Gasteiger partial charge in [-0.1, -0.05) is 0 Å². The maximum absolute atomic E-state index is 13.1. The Hall–Kier alpha value is -1.65. The molecule has 0 bridgehead atoms. The Balaban J connectivity index is 2.65. The van der Waals surface area contributed by atoms with Gasteiger partial charge >= 0.3 is 6.03 Å². The second-order valence-electron chi connectivity index (χ2n) is 3.25. The van der Waals surface area contributed by atoms with E-state index >= 15 is 0 Å². The highest BCUT2D eigenvalue weighted by molar-refractivity contribution is 5.71.